The monoisotopic (exact) mass is 170 g/mol. The maximum Gasteiger partial charge on any atom is 0.161 e. The second kappa shape index (κ2) is 3.51. The lowest BCUT2D eigenvalue weighted by Crippen LogP contribution is -1.97. The van der Waals surface area contributed by atoms with E-state index in [2.05, 4.69) is 0 Å². The summed E-state index contributed by atoms with van der Waals surface area (Å²) in [4.78, 5) is 11.0. The fraction of sp³-hybridized carbons (Fsp3) is 0.100. The van der Waals surface area contributed by atoms with Crippen LogP contribution in [0.25, 0.3) is 0 Å². The Morgan fingerprint density at radius 3 is 2.46 bits per heavy atom. The van der Waals surface area contributed by atoms with Crippen molar-refractivity contribution < 1.29 is 4.79 Å². The molecule has 0 bridgehead atoms. The Morgan fingerprint density at radius 1 is 1.31 bits per heavy atom. The van der Waals surface area contributed by atoms with Crippen LogP contribution in [0.2, 0.25) is 0 Å². The first kappa shape index (κ1) is 8.96. The van der Waals surface area contributed by atoms with Crippen LogP contribution < -0.4 is 0 Å². The van der Waals surface area contributed by atoms with Gasteiger partial charge in [0.2, 0.25) is 0 Å². The second-order valence-corrected chi connectivity index (χ2v) is 2.54. The summed E-state index contributed by atoms with van der Waals surface area (Å²) < 4.78 is 0. The van der Waals surface area contributed by atoms with Gasteiger partial charge in [0, 0.05) is 5.56 Å². The van der Waals surface area contributed by atoms with Gasteiger partial charge in [0.1, 0.15) is 0 Å². The van der Waals surface area contributed by atoms with E-state index in [1.165, 1.54) is 25.1 Å². The van der Waals surface area contributed by atoms with Gasteiger partial charge in [-0.2, -0.15) is 10.5 Å². The molecular formula is C10H6N2O. The molecule has 0 amide bonds. The second-order valence-electron chi connectivity index (χ2n) is 2.54. The first-order valence-corrected chi connectivity index (χ1v) is 3.64. The molecule has 1 aromatic carbocycles. The lowest BCUT2D eigenvalue weighted by molar-refractivity contribution is 0.101. The van der Waals surface area contributed by atoms with E-state index in [1.807, 2.05) is 12.1 Å². The van der Waals surface area contributed by atoms with Gasteiger partial charge in [0.15, 0.2) is 5.78 Å². The lowest BCUT2D eigenvalue weighted by atomic mass is 10.0. The Balaban J connectivity index is 3.39. The number of hydrogen-bond acceptors (Lipinski definition) is 3. The van der Waals surface area contributed by atoms with Crippen molar-refractivity contribution in [1.29, 1.82) is 10.5 Å². The van der Waals surface area contributed by atoms with E-state index in [0.29, 0.717) is 16.7 Å². The summed E-state index contributed by atoms with van der Waals surface area (Å²) in [5.74, 6) is -0.200. The van der Waals surface area contributed by atoms with Crippen LogP contribution in [0, 0.1) is 22.7 Å². The third kappa shape index (κ3) is 1.72. The van der Waals surface area contributed by atoms with Gasteiger partial charge in [-0.05, 0) is 25.1 Å². The van der Waals surface area contributed by atoms with E-state index in [1.54, 1.807) is 0 Å². The molecule has 0 unspecified atom stereocenters. The molecule has 0 atom stereocenters. The summed E-state index contributed by atoms with van der Waals surface area (Å²) in [7, 11) is 0. The average Bonchev–Trinajstić information content (AvgIpc) is 2.16. The Morgan fingerprint density at radius 2 is 2.00 bits per heavy atom. The number of hydrogen-bond donors (Lipinski definition) is 0. The highest BCUT2D eigenvalue weighted by Gasteiger charge is 2.07. The first-order chi connectivity index (χ1) is 6.19. The third-order valence-corrected chi connectivity index (χ3v) is 1.65. The summed E-state index contributed by atoms with van der Waals surface area (Å²) in [6.07, 6.45) is 0. The number of ketones is 1. The van der Waals surface area contributed by atoms with Gasteiger partial charge in [-0.25, -0.2) is 0 Å². The zero-order valence-corrected chi connectivity index (χ0v) is 7.03. The van der Waals surface area contributed by atoms with Crippen molar-refractivity contribution in [3.05, 3.63) is 34.9 Å². The van der Waals surface area contributed by atoms with Crippen molar-refractivity contribution in [1.82, 2.24) is 0 Å². The molecule has 62 valence electrons. The number of nitrogens with zero attached hydrogens (tertiary/aromatic N) is 2. The largest absolute Gasteiger partial charge is 0.294 e. The average molecular weight is 170 g/mol. The molecule has 0 radical (unpaired) electrons. The standard InChI is InChI=1S/C10H6N2O/c1-7(13)10-4-8(5-11)2-3-9(10)6-12/h2-4H,1H3. The minimum Gasteiger partial charge on any atom is -0.294 e. The van der Waals surface area contributed by atoms with Gasteiger partial charge in [0.25, 0.3) is 0 Å². The number of Topliss-reactive ketones (excluding diaryl/α,β-unsaturated/α-hetero) is 1. The number of rotatable bonds is 1. The van der Waals surface area contributed by atoms with Gasteiger partial charge in [-0.1, -0.05) is 0 Å². The highest BCUT2D eigenvalue weighted by Crippen LogP contribution is 2.11. The van der Waals surface area contributed by atoms with E-state index in [4.69, 9.17) is 10.5 Å². The smallest absolute Gasteiger partial charge is 0.161 e. The topological polar surface area (TPSA) is 64.7 Å². The van der Waals surface area contributed by atoms with Crippen LogP contribution in [-0.4, -0.2) is 5.78 Å². The summed E-state index contributed by atoms with van der Waals surface area (Å²) >= 11 is 0. The molecule has 0 aliphatic carbocycles. The molecule has 0 fully saturated rings. The molecule has 0 aromatic heterocycles. The van der Waals surface area contributed by atoms with Crippen LogP contribution in [0.3, 0.4) is 0 Å². The molecule has 0 heterocycles. The maximum atomic E-state index is 11.0. The van der Waals surface area contributed by atoms with Crippen molar-refractivity contribution in [3.63, 3.8) is 0 Å². The van der Waals surface area contributed by atoms with Gasteiger partial charge >= 0.3 is 0 Å². The number of carbonyl (C=O) groups excluding carboxylic acids is 1. The minimum atomic E-state index is -0.200. The Hall–Kier alpha value is -2.13. The maximum absolute atomic E-state index is 11.0. The van der Waals surface area contributed by atoms with Crippen LogP contribution >= 0.6 is 0 Å². The predicted molar refractivity (Wildman–Crippen MR) is 45.9 cm³/mol. The van der Waals surface area contributed by atoms with Crippen molar-refractivity contribution in [3.8, 4) is 12.1 Å². The summed E-state index contributed by atoms with van der Waals surface area (Å²) in [5, 5.41) is 17.2. The van der Waals surface area contributed by atoms with E-state index in [-0.39, 0.29) is 5.78 Å². The van der Waals surface area contributed by atoms with Crippen molar-refractivity contribution in [2.75, 3.05) is 0 Å². The molecule has 0 spiro atoms. The predicted octanol–water partition coefficient (Wildman–Crippen LogP) is 1.63. The highest BCUT2D eigenvalue weighted by atomic mass is 16.1. The highest BCUT2D eigenvalue weighted by molar-refractivity contribution is 5.96. The molecule has 3 heteroatoms. The van der Waals surface area contributed by atoms with Crippen LogP contribution in [0.15, 0.2) is 18.2 Å². The summed E-state index contributed by atoms with van der Waals surface area (Å²) in [6.45, 7) is 1.37. The van der Waals surface area contributed by atoms with E-state index in [0.717, 1.165) is 0 Å². The molecular weight excluding hydrogens is 164 g/mol. The minimum absolute atomic E-state index is 0.200. The fourth-order valence-corrected chi connectivity index (χ4v) is 1.00. The molecule has 3 nitrogen and oxygen atoms in total. The van der Waals surface area contributed by atoms with Crippen molar-refractivity contribution in [2.24, 2.45) is 0 Å². The number of nitriles is 2. The number of carbonyl (C=O) groups is 1. The normalized spacial score (nSPS) is 8.54. The summed E-state index contributed by atoms with van der Waals surface area (Å²) in [6, 6.07) is 8.24. The van der Waals surface area contributed by atoms with Crippen LogP contribution in [0.4, 0.5) is 0 Å². The van der Waals surface area contributed by atoms with Crippen molar-refractivity contribution in [2.45, 2.75) is 6.92 Å². The first-order valence-electron chi connectivity index (χ1n) is 3.64. The molecule has 0 aliphatic rings. The van der Waals surface area contributed by atoms with Gasteiger partial charge in [-0.15, -0.1) is 0 Å². The Labute approximate surface area is 75.8 Å². The zero-order chi connectivity index (χ0) is 9.84. The SMILES string of the molecule is CC(=O)c1cc(C#N)ccc1C#N. The zero-order valence-electron chi connectivity index (χ0n) is 7.03. The Kier molecular flexibility index (Phi) is 2.42. The van der Waals surface area contributed by atoms with Crippen LogP contribution in [0.5, 0.6) is 0 Å². The van der Waals surface area contributed by atoms with Crippen LogP contribution in [-0.2, 0) is 0 Å². The van der Waals surface area contributed by atoms with Gasteiger partial charge in [0.05, 0.1) is 23.3 Å². The molecule has 0 aliphatic heterocycles. The molecule has 1 aromatic rings. The number of benzene rings is 1. The van der Waals surface area contributed by atoms with Gasteiger partial charge in [-0.3, -0.25) is 4.79 Å². The van der Waals surface area contributed by atoms with Crippen LogP contribution in [0.1, 0.15) is 28.4 Å². The third-order valence-electron chi connectivity index (χ3n) is 1.65. The fourth-order valence-electron chi connectivity index (χ4n) is 1.00. The summed E-state index contributed by atoms with van der Waals surface area (Å²) in [5.41, 5.74) is 1.01. The lowest BCUT2D eigenvalue weighted by Gasteiger charge is -1.98. The van der Waals surface area contributed by atoms with Crippen molar-refractivity contribution >= 4 is 5.78 Å². The molecule has 13 heavy (non-hydrogen) atoms. The van der Waals surface area contributed by atoms with E-state index in [9.17, 15) is 4.79 Å². The van der Waals surface area contributed by atoms with E-state index < -0.39 is 0 Å². The molecule has 0 N–H and O–H groups in total. The molecule has 0 saturated carbocycles. The molecule has 1 rings (SSSR count). The quantitative estimate of drug-likeness (QED) is 0.601. The Bertz CT molecular complexity index is 435. The van der Waals surface area contributed by atoms with Gasteiger partial charge < -0.3 is 0 Å². The molecule has 0 saturated heterocycles. The van der Waals surface area contributed by atoms with E-state index >= 15 is 0 Å².